The Morgan fingerprint density at radius 3 is 2.29 bits per heavy atom. The number of ether oxygens (including phenoxy) is 1. The fraction of sp³-hybridized carbons (Fsp3) is 0.0417. The average Bonchev–Trinajstić information content (AvgIpc) is 2.80. The number of benzene rings is 2. The number of ketones is 1. The smallest absolute Gasteiger partial charge is 0.387 e. The first-order chi connectivity index (χ1) is 15.0. The fourth-order valence-electron chi connectivity index (χ4n) is 2.88. The minimum Gasteiger partial charge on any atom is -0.435 e. The van der Waals surface area contributed by atoms with E-state index in [-0.39, 0.29) is 28.5 Å². The van der Waals surface area contributed by atoms with Gasteiger partial charge in [0.15, 0.2) is 5.57 Å². The summed E-state index contributed by atoms with van der Waals surface area (Å²) in [4.78, 5) is 14.8. The highest BCUT2D eigenvalue weighted by atomic mass is 19.3. The molecule has 1 aliphatic rings. The lowest BCUT2D eigenvalue weighted by Crippen LogP contribution is -2.24. The number of nitriles is 2. The molecule has 0 fully saturated rings. The van der Waals surface area contributed by atoms with Crippen molar-refractivity contribution < 1.29 is 18.3 Å². The maximum atomic E-state index is 13.3. The van der Waals surface area contributed by atoms with Gasteiger partial charge in [-0.15, -0.1) is 0 Å². The number of allylic oxidation sites excluding steroid dienone is 5. The molecular formula is C24H15F2N3O2. The largest absolute Gasteiger partial charge is 0.435 e. The first kappa shape index (κ1) is 21.2. The van der Waals surface area contributed by atoms with Gasteiger partial charge < -0.3 is 9.64 Å². The van der Waals surface area contributed by atoms with Gasteiger partial charge in [-0.25, -0.2) is 0 Å². The topological polar surface area (TPSA) is 77.1 Å². The maximum absolute atomic E-state index is 13.3. The lowest BCUT2D eigenvalue weighted by molar-refractivity contribution is -0.0498. The van der Waals surface area contributed by atoms with E-state index in [1.807, 2.05) is 12.1 Å². The van der Waals surface area contributed by atoms with Gasteiger partial charge in [-0.3, -0.25) is 4.79 Å². The van der Waals surface area contributed by atoms with Gasteiger partial charge in [0.25, 0.3) is 0 Å². The van der Waals surface area contributed by atoms with Gasteiger partial charge in [0.05, 0.1) is 11.4 Å². The molecule has 31 heavy (non-hydrogen) atoms. The molecule has 0 unspecified atom stereocenters. The number of alkyl halides is 2. The van der Waals surface area contributed by atoms with Crippen LogP contribution in [0.2, 0.25) is 0 Å². The molecule has 0 saturated heterocycles. The molecule has 0 saturated carbocycles. The molecule has 0 aliphatic carbocycles. The van der Waals surface area contributed by atoms with Crippen LogP contribution in [0.3, 0.4) is 0 Å². The Kier molecular flexibility index (Phi) is 6.72. The second-order valence-electron chi connectivity index (χ2n) is 6.23. The van der Waals surface area contributed by atoms with Crippen LogP contribution in [-0.2, 0) is 0 Å². The van der Waals surface area contributed by atoms with E-state index < -0.39 is 6.61 Å². The van der Waals surface area contributed by atoms with E-state index >= 15 is 0 Å². The number of carbonyl (C=O) groups excluding carboxylic acids is 1. The Morgan fingerprint density at radius 2 is 1.68 bits per heavy atom. The molecule has 1 heterocycles. The molecule has 5 nitrogen and oxygen atoms in total. The van der Waals surface area contributed by atoms with E-state index in [4.69, 9.17) is 0 Å². The van der Waals surface area contributed by atoms with Crippen LogP contribution >= 0.6 is 0 Å². The zero-order valence-electron chi connectivity index (χ0n) is 16.1. The van der Waals surface area contributed by atoms with Crippen LogP contribution < -0.4 is 4.74 Å². The zero-order chi connectivity index (χ0) is 22.2. The standard InChI is InChI=1S/C24H15F2N3O2/c25-24(26)31-20-11-9-17(10-12-20)14-22(23(30)18-6-2-1-3-7-18)29-13-5-4-8-21(29)19(15-27)16-28/h1-14,24H. The number of rotatable bonds is 6. The van der Waals surface area contributed by atoms with Gasteiger partial charge in [-0.1, -0.05) is 48.5 Å². The van der Waals surface area contributed by atoms with Crippen molar-refractivity contribution in [3.63, 3.8) is 0 Å². The average molecular weight is 415 g/mol. The van der Waals surface area contributed by atoms with Crippen molar-refractivity contribution in [2.75, 3.05) is 0 Å². The Bertz CT molecular complexity index is 1150. The second kappa shape index (κ2) is 9.82. The van der Waals surface area contributed by atoms with Crippen LogP contribution in [0, 0.1) is 22.7 Å². The molecule has 152 valence electrons. The van der Waals surface area contributed by atoms with Crippen molar-refractivity contribution in [2.24, 2.45) is 0 Å². The monoisotopic (exact) mass is 415 g/mol. The lowest BCUT2D eigenvalue weighted by atomic mass is 10.0. The minimum atomic E-state index is -2.94. The minimum absolute atomic E-state index is 0.0132. The number of hydrogen-bond acceptors (Lipinski definition) is 5. The van der Waals surface area contributed by atoms with Crippen LogP contribution in [0.15, 0.2) is 96.0 Å². The van der Waals surface area contributed by atoms with Crippen molar-refractivity contribution in [3.05, 3.63) is 107 Å². The third kappa shape index (κ3) is 5.11. The number of Topliss-reactive ketones (excluding diaryl/α,β-unsaturated/α-hetero) is 1. The second-order valence-corrected chi connectivity index (χ2v) is 6.23. The quantitative estimate of drug-likeness (QED) is 0.368. The molecule has 1 aliphatic heterocycles. The van der Waals surface area contributed by atoms with Crippen LogP contribution in [-0.4, -0.2) is 17.3 Å². The summed E-state index contributed by atoms with van der Waals surface area (Å²) in [6, 6.07) is 18.0. The van der Waals surface area contributed by atoms with Gasteiger partial charge in [-0.2, -0.15) is 19.3 Å². The highest BCUT2D eigenvalue weighted by molar-refractivity contribution is 6.11. The summed E-state index contributed by atoms with van der Waals surface area (Å²) >= 11 is 0. The number of nitrogens with zero attached hydrogens (tertiary/aromatic N) is 3. The summed E-state index contributed by atoms with van der Waals surface area (Å²) in [6.45, 7) is -2.94. The fourth-order valence-corrected chi connectivity index (χ4v) is 2.88. The summed E-state index contributed by atoms with van der Waals surface area (Å²) in [5.41, 5.74) is 1.21. The van der Waals surface area contributed by atoms with E-state index in [1.54, 1.807) is 60.8 Å². The van der Waals surface area contributed by atoms with Gasteiger partial charge >= 0.3 is 6.61 Å². The SMILES string of the molecule is N#CC(C#N)=C1C=CC=CN1C(=Cc1ccc(OC(F)F)cc1)C(=O)c1ccccc1. The summed E-state index contributed by atoms with van der Waals surface area (Å²) < 4.78 is 29.1. The van der Waals surface area contributed by atoms with E-state index in [0.717, 1.165) is 0 Å². The third-order valence-electron chi connectivity index (χ3n) is 4.28. The predicted molar refractivity (Wildman–Crippen MR) is 110 cm³/mol. The molecule has 2 aromatic rings. The Balaban J connectivity index is 2.11. The Labute approximate surface area is 177 Å². The maximum Gasteiger partial charge on any atom is 0.387 e. The number of halogens is 2. The van der Waals surface area contributed by atoms with E-state index in [1.165, 1.54) is 29.2 Å². The highest BCUT2D eigenvalue weighted by Crippen LogP contribution is 2.27. The van der Waals surface area contributed by atoms with Crippen molar-refractivity contribution >= 4 is 11.9 Å². The number of hydrogen-bond donors (Lipinski definition) is 0. The van der Waals surface area contributed by atoms with Gasteiger partial charge in [0, 0.05) is 11.8 Å². The van der Waals surface area contributed by atoms with Crippen LogP contribution in [0.4, 0.5) is 8.78 Å². The van der Waals surface area contributed by atoms with E-state index in [9.17, 15) is 24.1 Å². The van der Waals surface area contributed by atoms with Crippen LogP contribution in [0.25, 0.3) is 6.08 Å². The summed E-state index contributed by atoms with van der Waals surface area (Å²) in [6.07, 6.45) is 8.01. The molecule has 3 rings (SSSR count). The molecule has 0 aromatic heterocycles. The third-order valence-corrected chi connectivity index (χ3v) is 4.28. The van der Waals surface area contributed by atoms with Crippen LogP contribution in [0.5, 0.6) is 5.75 Å². The van der Waals surface area contributed by atoms with Crippen molar-refractivity contribution in [3.8, 4) is 17.9 Å². The molecule has 0 bridgehead atoms. The molecule has 0 N–H and O–H groups in total. The highest BCUT2D eigenvalue weighted by Gasteiger charge is 2.23. The van der Waals surface area contributed by atoms with Gasteiger partial charge in [0.2, 0.25) is 5.78 Å². The summed E-state index contributed by atoms with van der Waals surface area (Å²) in [5, 5.41) is 18.7. The van der Waals surface area contributed by atoms with Gasteiger partial charge in [0.1, 0.15) is 17.9 Å². The van der Waals surface area contributed by atoms with E-state index in [2.05, 4.69) is 4.74 Å². The van der Waals surface area contributed by atoms with Crippen molar-refractivity contribution in [1.29, 1.82) is 10.5 Å². The molecule has 2 aromatic carbocycles. The predicted octanol–water partition coefficient (Wildman–Crippen LogP) is 5.20. The number of carbonyl (C=O) groups is 1. The van der Waals surface area contributed by atoms with Crippen LogP contribution in [0.1, 0.15) is 15.9 Å². The zero-order valence-corrected chi connectivity index (χ0v) is 16.1. The Morgan fingerprint density at radius 1 is 1.00 bits per heavy atom. The molecular weight excluding hydrogens is 400 g/mol. The molecule has 7 heteroatoms. The first-order valence-electron chi connectivity index (χ1n) is 9.08. The lowest BCUT2D eigenvalue weighted by Gasteiger charge is -2.26. The molecule has 0 atom stereocenters. The molecule has 0 radical (unpaired) electrons. The molecule has 0 spiro atoms. The molecule has 0 amide bonds. The van der Waals surface area contributed by atoms with Crippen molar-refractivity contribution in [2.45, 2.75) is 6.61 Å². The van der Waals surface area contributed by atoms with Gasteiger partial charge in [-0.05, 0) is 35.9 Å². The van der Waals surface area contributed by atoms with Crippen molar-refractivity contribution in [1.82, 2.24) is 4.90 Å². The Hall–Kier alpha value is -4.49. The summed E-state index contributed by atoms with van der Waals surface area (Å²) in [5.74, 6) is -0.359. The normalized spacial score (nSPS) is 13.0. The van der Waals surface area contributed by atoms with E-state index in [0.29, 0.717) is 11.1 Å². The summed E-state index contributed by atoms with van der Waals surface area (Å²) in [7, 11) is 0. The first-order valence-corrected chi connectivity index (χ1v) is 9.08.